The van der Waals surface area contributed by atoms with E-state index in [-0.39, 0.29) is 0 Å². The molecule has 22 heavy (non-hydrogen) atoms. The molecule has 0 aliphatic carbocycles. The zero-order chi connectivity index (χ0) is 15.7. The summed E-state index contributed by atoms with van der Waals surface area (Å²) < 4.78 is 10.6. The lowest BCUT2D eigenvalue weighted by molar-refractivity contribution is -0.136. The molecule has 2 aromatic rings. The maximum Gasteiger partial charge on any atom is 0.376 e. The van der Waals surface area contributed by atoms with Crippen LogP contribution in [-0.4, -0.2) is 18.0 Å². The maximum absolute atomic E-state index is 11.6. The fraction of sp³-hybridized carbons (Fsp3) is 0.118. The highest BCUT2D eigenvalue weighted by Gasteiger charge is 2.47. The van der Waals surface area contributed by atoms with Crippen LogP contribution in [0.25, 0.3) is 11.1 Å². The number of rotatable bonds is 2. The molecule has 4 nitrogen and oxygen atoms in total. The molecule has 112 valence electrons. The second-order valence-electron chi connectivity index (χ2n) is 5.03. The third-order valence-corrected chi connectivity index (χ3v) is 5.83. The summed E-state index contributed by atoms with van der Waals surface area (Å²) in [5, 5.41) is 0.706. The number of fused-ring (bicyclic) bond motifs is 3. The van der Waals surface area contributed by atoms with Crippen LogP contribution in [0.1, 0.15) is 6.92 Å². The molecule has 0 bridgehead atoms. The van der Waals surface area contributed by atoms with Gasteiger partial charge in [-0.25, -0.2) is 9.69 Å². The zero-order valence-electron chi connectivity index (χ0n) is 12.3. The molecule has 0 saturated carbocycles. The minimum absolute atomic E-state index is 0.326. The molecular formula is C17H16O4P+. The van der Waals surface area contributed by atoms with Gasteiger partial charge in [-0.05, 0) is 19.1 Å². The van der Waals surface area contributed by atoms with Crippen LogP contribution < -0.4 is 9.83 Å². The molecule has 2 aromatic carbocycles. The molecule has 0 radical (unpaired) electrons. The molecule has 1 unspecified atom stereocenters. The average Bonchev–Trinajstić information content (AvgIpc) is 2.54. The van der Waals surface area contributed by atoms with Crippen LogP contribution in [0.4, 0.5) is 0 Å². The first-order chi connectivity index (χ1) is 10.5. The van der Waals surface area contributed by atoms with Crippen molar-refractivity contribution < 1.29 is 18.9 Å². The van der Waals surface area contributed by atoms with Crippen LogP contribution in [-0.2, 0) is 9.53 Å². The van der Waals surface area contributed by atoms with Crippen molar-refractivity contribution in [1.82, 2.24) is 0 Å². The lowest BCUT2D eigenvalue weighted by atomic mass is 10.0. The highest BCUT2D eigenvalue weighted by Crippen LogP contribution is 2.62. The van der Waals surface area contributed by atoms with Crippen LogP contribution in [0, 0.1) is 0 Å². The summed E-state index contributed by atoms with van der Waals surface area (Å²) in [6, 6.07) is 15.1. The van der Waals surface area contributed by atoms with Crippen LogP contribution in [0.15, 0.2) is 59.9 Å². The predicted molar refractivity (Wildman–Crippen MR) is 87.1 cm³/mol. The Balaban J connectivity index is 2.18. The summed E-state index contributed by atoms with van der Waals surface area (Å²) in [4.78, 5) is 22.7. The van der Waals surface area contributed by atoms with E-state index < -0.39 is 13.7 Å². The number of carbonyl (C=O) groups is 1. The molecule has 1 heterocycles. The van der Waals surface area contributed by atoms with Crippen LogP contribution in [0.2, 0.25) is 0 Å². The number of hydrogen-bond donors (Lipinski definition) is 1. The number of carbonyl (C=O) groups excluding carboxylic acids is 1. The van der Waals surface area contributed by atoms with E-state index in [1.165, 1.54) is 12.9 Å². The van der Waals surface area contributed by atoms with E-state index in [4.69, 9.17) is 9.26 Å². The highest BCUT2D eigenvalue weighted by atomic mass is 31.2. The molecule has 0 amide bonds. The largest absolute Gasteiger partial charge is 0.466 e. The number of hydrogen-bond acceptors (Lipinski definition) is 4. The van der Waals surface area contributed by atoms with Gasteiger partial charge in [-0.2, -0.15) is 0 Å². The van der Waals surface area contributed by atoms with Gasteiger partial charge >= 0.3 is 13.7 Å². The monoisotopic (exact) mass is 315 g/mol. The van der Waals surface area contributed by atoms with Gasteiger partial charge in [-0.15, -0.1) is 0 Å². The fourth-order valence-corrected chi connectivity index (χ4v) is 4.74. The van der Waals surface area contributed by atoms with Gasteiger partial charge in [0.2, 0.25) is 0 Å². The van der Waals surface area contributed by atoms with Crippen molar-refractivity contribution in [3.63, 3.8) is 0 Å². The van der Waals surface area contributed by atoms with Crippen LogP contribution in [0.3, 0.4) is 0 Å². The lowest BCUT2D eigenvalue weighted by Crippen LogP contribution is -2.21. The minimum atomic E-state index is -3.07. The molecule has 1 atom stereocenters. The van der Waals surface area contributed by atoms with Gasteiger partial charge in [0.05, 0.1) is 12.7 Å². The van der Waals surface area contributed by atoms with E-state index >= 15 is 0 Å². The van der Waals surface area contributed by atoms with Gasteiger partial charge in [-0.1, -0.05) is 36.4 Å². The van der Waals surface area contributed by atoms with E-state index in [1.807, 2.05) is 48.5 Å². The van der Waals surface area contributed by atoms with Gasteiger partial charge < -0.3 is 9.26 Å². The summed E-state index contributed by atoms with van der Waals surface area (Å²) in [5.41, 5.74) is 2.19. The molecule has 0 saturated heterocycles. The first-order valence-corrected chi connectivity index (χ1v) is 8.56. The number of esters is 1. The molecule has 5 heteroatoms. The first kappa shape index (κ1) is 14.8. The van der Waals surface area contributed by atoms with Crippen LogP contribution >= 0.6 is 7.72 Å². The molecule has 1 aliphatic heterocycles. The minimum Gasteiger partial charge on any atom is -0.466 e. The Kier molecular flexibility index (Phi) is 3.73. The summed E-state index contributed by atoms with van der Waals surface area (Å²) in [6.07, 6.45) is 0. The van der Waals surface area contributed by atoms with Crippen molar-refractivity contribution in [3.8, 4) is 16.9 Å². The van der Waals surface area contributed by atoms with Crippen molar-refractivity contribution in [2.24, 2.45) is 0 Å². The van der Waals surface area contributed by atoms with E-state index in [2.05, 4.69) is 0 Å². The normalized spacial score (nSPS) is 19.7. The Morgan fingerprint density at radius 2 is 1.77 bits per heavy atom. The molecule has 1 N–H and O–H groups in total. The van der Waals surface area contributed by atoms with E-state index in [9.17, 15) is 9.69 Å². The molecule has 0 spiro atoms. The summed E-state index contributed by atoms with van der Waals surface area (Å²) in [7, 11) is -1.76. The standard InChI is InChI=1S/C17H16O4P/c1-12(17(18)20-2)11-22(19)16-10-6-4-8-14(16)13-7-3-5-9-15(13)21-22/h3-11,19H,1-2H3/q+1. The van der Waals surface area contributed by atoms with Crippen molar-refractivity contribution in [2.45, 2.75) is 6.92 Å². The SMILES string of the molecule is COC(=O)C(C)=C[P+]1(O)Oc2ccccc2-c2ccccc21. The zero-order valence-corrected chi connectivity index (χ0v) is 13.2. The Labute approximate surface area is 129 Å². The van der Waals surface area contributed by atoms with Gasteiger partial charge in [-0.3, -0.25) is 0 Å². The third-order valence-electron chi connectivity index (χ3n) is 3.54. The lowest BCUT2D eigenvalue weighted by Gasteiger charge is -2.24. The Hall–Kier alpha value is -2.16. The van der Waals surface area contributed by atoms with E-state index in [0.717, 1.165) is 11.1 Å². The Bertz CT molecular complexity index is 769. The summed E-state index contributed by atoms with van der Waals surface area (Å²) in [5.74, 6) is 1.63. The van der Waals surface area contributed by atoms with Crippen molar-refractivity contribution >= 4 is 19.0 Å². The third kappa shape index (κ3) is 2.41. The van der Waals surface area contributed by atoms with Crippen molar-refractivity contribution in [2.75, 3.05) is 7.11 Å². The number of ether oxygens (including phenoxy) is 1. The van der Waals surface area contributed by atoms with E-state index in [0.29, 0.717) is 16.6 Å². The van der Waals surface area contributed by atoms with Crippen molar-refractivity contribution in [1.29, 1.82) is 0 Å². The topological polar surface area (TPSA) is 55.8 Å². The highest BCUT2D eigenvalue weighted by molar-refractivity contribution is 7.77. The molecule has 0 fully saturated rings. The molecule has 0 aromatic heterocycles. The predicted octanol–water partition coefficient (Wildman–Crippen LogP) is 3.29. The Morgan fingerprint density at radius 1 is 1.14 bits per heavy atom. The van der Waals surface area contributed by atoms with Gasteiger partial charge in [0.1, 0.15) is 5.82 Å². The van der Waals surface area contributed by atoms with Crippen LogP contribution in [0.5, 0.6) is 5.75 Å². The number of benzene rings is 2. The molecular weight excluding hydrogens is 299 g/mol. The quantitative estimate of drug-likeness (QED) is 0.525. The van der Waals surface area contributed by atoms with Gasteiger partial charge in [0, 0.05) is 11.1 Å². The van der Waals surface area contributed by atoms with E-state index in [1.54, 1.807) is 6.92 Å². The van der Waals surface area contributed by atoms with Crippen molar-refractivity contribution in [3.05, 3.63) is 59.9 Å². The second-order valence-corrected chi connectivity index (χ2v) is 7.20. The maximum atomic E-state index is 11.6. The molecule has 3 rings (SSSR count). The summed E-state index contributed by atoms with van der Waals surface area (Å²) in [6.45, 7) is 1.61. The molecule has 1 aliphatic rings. The van der Waals surface area contributed by atoms with Gasteiger partial charge in [0.15, 0.2) is 11.1 Å². The fourth-order valence-electron chi connectivity index (χ4n) is 2.52. The second kappa shape index (κ2) is 5.56. The first-order valence-electron chi connectivity index (χ1n) is 6.83. The Morgan fingerprint density at radius 3 is 2.50 bits per heavy atom. The smallest absolute Gasteiger partial charge is 0.376 e. The summed E-state index contributed by atoms with van der Waals surface area (Å²) >= 11 is 0. The average molecular weight is 315 g/mol. The number of methoxy groups -OCH3 is 1. The number of para-hydroxylation sites is 1. The van der Waals surface area contributed by atoms with Gasteiger partial charge in [0.25, 0.3) is 0 Å².